The molecule has 2 aromatic rings. The quantitative estimate of drug-likeness (QED) is 0.758. The number of hydrogen-bond donors (Lipinski definition) is 1. The van der Waals surface area contributed by atoms with Crippen molar-refractivity contribution in [2.75, 3.05) is 18.0 Å². The zero-order chi connectivity index (χ0) is 11.1. The van der Waals surface area contributed by atoms with Gasteiger partial charge in [-0.15, -0.1) is 0 Å². The van der Waals surface area contributed by atoms with Crippen molar-refractivity contribution in [2.45, 2.75) is 19.4 Å². The number of nitrogens with zero attached hydrogens (tertiary/aromatic N) is 5. The van der Waals surface area contributed by atoms with Gasteiger partial charge in [-0.3, -0.25) is 0 Å². The molecule has 0 radical (unpaired) electrons. The van der Waals surface area contributed by atoms with Gasteiger partial charge in [-0.25, -0.2) is 4.98 Å². The number of hydrogen-bond acceptors (Lipinski definition) is 5. The van der Waals surface area contributed by atoms with Crippen molar-refractivity contribution in [1.29, 1.82) is 0 Å². The van der Waals surface area contributed by atoms with Crippen LogP contribution >= 0.6 is 0 Å². The van der Waals surface area contributed by atoms with Gasteiger partial charge in [0.05, 0.1) is 0 Å². The molecule has 0 aromatic carbocycles. The van der Waals surface area contributed by atoms with Crippen LogP contribution in [0, 0.1) is 0 Å². The molecule has 0 atom stereocenters. The standard InChI is InChI=1S/C10H14N6/c1-2-8-3-9(15-4-7(11)5-15)16-10(14-8)12-6-13-16/h3,6-7H,2,4-5,11H2,1H3. The lowest BCUT2D eigenvalue weighted by Gasteiger charge is -2.38. The Balaban J connectivity index is 2.10. The number of aryl methyl sites for hydroxylation is 1. The van der Waals surface area contributed by atoms with Gasteiger partial charge in [0, 0.05) is 30.9 Å². The van der Waals surface area contributed by atoms with Crippen LogP contribution in [0.15, 0.2) is 12.4 Å². The van der Waals surface area contributed by atoms with Crippen LogP contribution in [0.5, 0.6) is 0 Å². The van der Waals surface area contributed by atoms with Crippen LogP contribution in [0.2, 0.25) is 0 Å². The second kappa shape index (κ2) is 3.41. The Morgan fingerprint density at radius 3 is 3.00 bits per heavy atom. The fraction of sp³-hybridized carbons (Fsp3) is 0.500. The molecule has 0 bridgehead atoms. The maximum Gasteiger partial charge on any atom is 0.254 e. The summed E-state index contributed by atoms with van der Waals surface area (Å²) in [5.41, 5.74) is 6.83. The van der Waals surface area contributed by atoms with Crippen molar-refractivity contribution in [1.82, 2.24) is 19.6 Å². The molecule has 0 spiro atoms. The first-order valence-corrected chi connectivity index (χ1v) is 5.48. The van der Waals surface area contributed by atoms with Crippen LogP contribution in [0.4, 0.5) is 5.82 Å². The van der Waals surface area contributed by atoms with E-state index in [9.17, 15) is 0 Å². The van der Waals surface area contributed by atoms with Crippen LogP contribution in [-0.4, -0.2) is 38.7 Å². The highest BCUT2D eigenvalue weighted by Crippen LogP contribution is 2.20. The fourth-order valence-electron chi connectivity index (χ4n) is 1.95. The van der Waals surface area contributed by atoms with Gasteiger partial charge in [0.25, 0.3) is 5.78 Å². The summed E-state index contributed by atoms with van der Waals surface area (Å²) >= 11 is 0. The van der Waals surface area contributed by atoms with E-state index >= 15 is 0 Å². The van der Waals surface area contributed by atoms with Gasteiger partial charge in [0.1, 0.15) is 12.1 Å². The summed E-state index contributed by atoms with van der Waals surface area (Å²) in [5.74, 6) is 1.70. The predicted molar refractivity (Wildman–Crippen MR) is 60.3 cm³/mol. The van der Waals surface area contributed by atoms with E-state index in [2.05, 4.69) is 33.0 Å². The lowest BCUT2D eigenvalue weighted by Crippen LogP contribution is -2.56. The summed E-state index contributed by atoms with van der Waals surface area (Å²) in [6, 6.07) is 2.34. The van der Waals surface area contributed by atoms with Crippen molar-refractivity contribution < 1.29 is 0 Å². The first-order chi connectivity index (χ1) is 7.78. The Morgan fingerprint density at radius 2 is 2.31 bits per heavy atom. The lowest BCUT2D eigenvalue weighted by molar-refractivity contribution is 0.509. The number of fused-ring (bicyclic) bond motifs is 1. The van der Waals surface area contributed by atoms with Crippen molar-refractivity contribution in [3.63, 3.8) is 0 Å². The zero-order valence-electron chi connectivity index (χ0n) is 9.17. The van der Waals surface area contributed by atoms with Crippen molar-refractivity contribution >= 4 is 11.6 Å². The first-order valence-electron chi connectivity index (χ1n) is 5.48. The van der Waals surface area contributed by atoms with Crippen LogP contribution in [-0.2, 0) is 6.42 Å². The van der Waals surface area contributed by atoms with E-state index in [1.54, 1.807) is 4.52 Å². The van der Waals surface area contributed by atoms with E-state index in [1.807, 2.05) is 0 Å². The molecular formula is C10H14N6. The van der Waals surface area contributed by atoms with E-state index < -0.39 is 0 Å². The minimum atomic E-state index is 0.275. The Kier molecular flexibility index (Phi) is 2.03. The third-order valence-corrected chi connectivity index (χ3v) is 2.88. The average Bonchev–Trinajstić information content (AvgIpc) is 2.71. The highest BCUT2D eigenvalue weighted by Gasteiger charge is 2.26. The Bertz CT molecular complexity index is 513. The molecule has 6 nitrogen and oxygen atoms in total. The Labute approximate surface area is 93.1 Å². The normalized spacial score (nSPS) is 16.8. The van der Waals surface area contributed by atoms with Crippen molar-refractivity contribution in [3.05, 3.63) is 18.1 Å². The largest absolute Gasteiger partial charge is 0.353 e. The third-order valence-electron chi connectivity index (χ3n) is 2.88. The lowest BCUT2D eigenvalue weighted by atomic mass is 10.1. The van der Waals surface area contributed by atoms with Gasteiger partial charge in [-0.1, -0.05) is 6.92 Å². The molecule has 2 N–H and O–H groups in total. The molecule has 1 saturated heterocycles. The molecule has 84 valence electrons. The number of nitrogens with two attached hydrogens (primary N) is 1. The topological polar surface area (TPSA) is 72.3 Å². The van der Waals surface area contributed by atoms with E-state index in [4.69, 9.17) is 5.73 Å². The molecule has 1 aliphatic heterocycles. The van der Waals surface area contributed by atoms with Crippen LogP contribution in [0.3, 0.4) is 0 Å². The summed E-state index contributed by atoms with van der Waals surface area (Å²) in [7, 11) is 0. The highest BCUT2D eigenvalue weighted by atomic mass is 15.4. The van der Waals surface area contributed by atoms with Gasteiger partial charge in [-0.05, 0) is 6.42 Å². The Morgan fingerprint density at radius 1 is 1.50 bits per heavy atom. The second-order valence-corrected chi connectivity index (χ2v) is 4.10. The summed E-state index contributed by atoms with van der Waals surface area (Å²) in [6.45, 7) is 3.84. The minimum Gasteiger partial charge on any atom is -0.353 e. The van der Waals surface area contributed by atoms with Gasteiger partial charge in [-0.2, -0.15) is 14.6 Å². The van der Waals surface area contributed by atoms with Gasteiger partial charge in [0.2, 0.25) is 0 Å². The molecule has 16 heavy (non-hydrogen) atoms. The monoisotopic (exact) mass is 218 g/mol. The number of aromatic nitrogens is 4. The maximum absolute atomic E-state index is 5.79. The summed E-state index contributed by atoms with van der Waals surface area (Å²) < 4.78 is 1.77. The number of anilines is 1. The molecule has 0 unspecified atom stereocenters. The molecule has 0 amide bonds. The van der Waals surface area contributed by atoms with Gasteiger partial charge >= 0.3 is 0 Å². The van der Waals surface area contributed by atoms with E-state index in [0.29, 0.717) is 5.78 Å². The van der Waals surface area contributed by atoms with Gasteiger partial charge in [0.15, 0.2) is 0 Å². The molecular weight excluding hydrogens is 204 g/mol. The molecule has 6 heteroatoms. The van der Waals surface area contributed by atoms with Crippen molar-refractivity contribution in [2.24, 2.45) is 5.73 Å². The van der Waals surface area contributed by atoms with E-state index in [-0.39, 0.29) is 6.04 Å². The maximum atomic E-state index is 5.79. The predicted octanol–water partition coefficient (Wildman–Crippen LogP) is -0.166. The summed E-state index contributed by atoms with van der Waals surface area (Å²) in [4.78, 5) is 10.7. The average molecular weight is 218 g/mol. The third kappa shape index (κ3) is 1.34. The molecule has 1 fully saturated rings. The molecule has 2 aromatic heterocycles. The highest BCUT2D eigenvalue weighted by molar-refractivity contribution is 5.49. The van der Waals surface area contributed by atoms with Crippen LogP contribution < -0.4 is 10.6 Å². The number of rotatable bonds is 2. The van der Waals surface area contributed by atoms with Gasteiger partial charge < -0.3 is 10.6 Å². The molecule has 3 rings (SSSR count). The smallest absolute Gasteiger partial charge is 0.254 e. The minimum absolute atomic E-state index is 0.275. The van der Waals surface area contributed by atoms with Crippen molar-refractivity contribution in [3.8, 4) is 0 Å². The molecule has 0 aliphatic carbocycles. The first kappa shape index (κ1) is 9.53. The Hall–Kier alpha value is -1.69. The SMILES string of the molecule is CCc1cc(N2CC(N)C2)n2ncnc2n1. The zero-order valence-corrected chi connectivity index (χ0v) is 9.17. The summed E-state index contributed by atoms with van der Waals surface area (Å²) in [5, 5.41) is 4.18. The summed E-state index contributed by atoms with van der Waals surface area (Å²) in [6.07, 6.45) is 2.43. The van der Waals surface area contributed by atoms with E-state index in [1.165, 1.54) is 6.33 Å². The van der Waals surface area contributed by atoms with E-state index in [0.717, 1.165) is 31.0 Å². The molecule has 0 saturated carbocycles. The fourth-order valence-corrected chi connectivity index (χ4v) is 1.95. The second-order valence-electron chi connectivity index (χ2n) is 4.10. The molecule has 3 heterocycles. The van der Waals surface area contributed by atoms with Crippen LogP contribution in [0.1, 0.15) is 12.6 Å². The molecule has 1 aliphatic rings. The van der Waals surface area contributed by atoms with Crippen LogP contribution in [0.25, 0.3) is 5.78 Å².